The van der Waals surface area contributed by atoms with E-state index in [0.717, 1.165) is 29.9 Å². The molecule has 0 saturated heterocycles. The van der Waals surface area contributed by atoms with Gasteiger partial charge in [-0.15, -0.1) is 0 Å². The van der Waals surface area contributed by atoms with E-state index in [0.29, 0.717) is 59.3 Å². The first kappa shape index (κ1) is 30.3. The van der Waals surface area contributed by atoms with Gasteiger partial charge < -0.3 is 39.0 Å². The summed E-state index contributed by atoms with van der Waals surface area (Å²) < 4.78 is 28.1. The van der Waals surface area contributed by atoms with Gasteiger partial charge in [0.2, 0.25) is 0 Å². The summed E-state index contributed by atoms with van der Waals surface area (Å²) in [6.45, 7) is 3.16. The van der Waals surface area contributed by atoms with Crippen molar-refractivity contribution in [2.24, 2.45) is 0 Å². The zero-order valence-electron chi connectivity index (χ0n) is 22.4. The Balaban J connectivity index is 1.79. The van der Waals surface area contributed by atoms with Crippen molar-refractivity contribution < 1.29 is 39.0 Å². The fraction of sp³-hybridized carbons (Fsp3) is 0.600. The fourth-order valence-corrected chi connectivity index (χ4v) is 5.09. The summed E-state index contributed by atoms with van der Waals surface area (Å²) in [6, 6.07) is 14.9. The Kier molecular flexibility index (Phi) is 13.9. The maximum absolute atomic E-state index is 9.08. The molecule has 0 spiro atoms. The van der Waals surface area contributed by atoms with Crippen LogP contribution in [0.3, 0.4) is 0 Å². The van der Waals surface area contributed by atoms with E-state index in [1.807, 2.05) is 12.1 Å². The van der Waals surface area contributed by atoms with E-state index < -0.39 is 0 Å². The first-order valence-corrected chi connectivity index (χ1v) is 13.8. The quantitative estimate of drug-likeness (QED) is 0.237. The molecule has 0 amide bonds. The van der Waals surface area contributed by atoms with Crippen molar-refractivity contribution in [1.29, 1.82) is 0 Å². The van der Waals surface area contributed by atoms with E-state index in [2.05, 4.69) is 30.3 Å². The molecule has 1 aliphatic rings. The van der Waals surface area contributed by atoms with Gasteiger partial charge in [0.05, 0.1) is 59.5 Å². The van der Waals surface area contributed by atoms with Crippen molar-refractivity contribution in [2.75, 3.05) is 72.7 Å². The lowest BCUT2D eigenvalue weighted by Gasteiger charge is -2.39. The molecule has 2 aromatic rings. The Morgan fingerprint density at radius 1 is 0.579 bits per heavy atom. The van der Waals surface area contributed by atoms with Crippen LogP contribution >= 0.6 is 0 Å². The Morgan fingerprint density at radius 2 is 1.16 bits per heavy atom. The van der Waals surface area contributed by atoms with E-state index in [9.17, 15) is 0 Å². The average Bonchev–Trinajstić information content (AvgIpc) is 2.96. The SMILES string of the molecule is OCCOCCOc1ccc(C2(c3ccc(OCCOCCO)c(CCOCCO)c3)CCCCC2)cc1. The molecule has 3 N–H and O–H groups in total. The largest absolute Gasteiger partial charge is 0.491 e. The molecular weight excluding hydrogens is 488 g/mol. The molecule has 0 bridgehead atoms. The minimum atomic E-state index is -0.0789. The van der Waals surface area contributed by atoms with Crippen LogP contribution in [0.15, 0.2) is 42.5 Å². The molecule has 0 aliphatic heterocycles. The van der Waals surface area contributed by atoms with Crippen LogP contribution in [0, 0.1) is 0 Å². The summed E-state index contributed by atoms with van der Waals surface area (Å²) in [5.41, 5.74) is 3.57. The third kappa shape index (κ3) is 9.22. The fourth-order valence-electron chi connectivity index (χ4n) is 5.09. The van der Waals surface area contributed by atoms with Crippen LogP contribution in [-0.2, 0) is 26.0 Å². The Labute approximate surface area is 226 Å². The van der Waals surface area contributed by atoms with Crippen LogP contribution in [0.4, 0.5) is 0 Å². The highest BCUT2D eigenvalue weighted by atomic mass is 16.5. The van der Waals surface area contributed by atoms with Crippen LogP contribution in [0.1, 0.15) is 48.8 Å². The van der Waals surface area contributed by atoms with Crippen LogP contribution in [0.5, 0.6) is 11.5 Å². The van der Waals surface area contributed by atoms with Gasteiger partial charge in [0.25, 0.3) is 0 Å². The lowest BCUT2D eigenvalue weighted by atomic mass is 9.65. The first-order valence-electron chi connectivity index (χ1n) is 13.8. The van der Waals surface area contributed by atoms with E-state index >= 15 is 0 Å². The van der Waals surface area contributed by atoms with E-state index in [4.69, 9.17) is 39.0 Å². The highest BCUT2D eigenvalue weighted by Gasteiger charge is 2.36. The molecule has 0 radical (unpaired) electrons. The van der Waals surface area contributed by atoms with Gasteiger partial charge in [-0.2, -0.15) is 0 Å². The van der Waals surface area contributed by atoms with E-state index in [1.54, 1.807) is 0 Å². The monoisotopic (exact) mass is 532 g/mol. The first-order chi connectivity index (χ1) is 18.7. The normalized spacial score (nSPS) is 14.9. The van der Waals surface area contributed by atoms with Gasteiger partial charge in [-0.25, -0.2) is 0 Å². The number of ether oxygens (including phenoxy) is 5. The minimum Gasteiger partial charge on any atom is -0.491 e. The number of benzene rings is 2. The molecule has 1 fully saturated rings. The highest BCUT2D eigenvalue weighted by Crippen LogP contribution is 2.46. The maximum atomic E-state index is 9.08. The van der Waals surface area contributed by atoms with Gasteiger partial charge in [-0.05, 0) is 54.2 Å². The molecule has 212 valence electrons. The third-order valence-electron chi connectivity index (χ3n) is 6.93. The lowest BCUT2D eigenvalue weighted by molar-refractivity contribution is 0.0698. The summed E-state index contributed by atoms with van der Waals surface area (Å²) in [4.78, 5) is 0. The Bertz CT molecular complexity index is 896. The van der Waals surface area contributed by atoms with E-state index in [1.165, 1.54) is 30.4 Å². The maximum Gasteiger partial charge on any atom is 0.122 e. The second-order valence-corrected chi connectivity index (χ2v) is 9.44. The number of rotatable bonds is 19. The number of hydrogen-bond donors (Lipinski definition) is 3. The van der Waals surface area contributed by atoms with Gasteiger partial charge in [0.15, 0.2) is 0 Å². The van der Waals surface area contributed by atoms with Gasteiger partial charge in [0, 0.05) is 5.41 Å². The molecule has 0 unspecified atom stereocenters. The predicted molar refractivity (Wildman–Crippen MR) is 145 cm³/mol. The van der Waals surface area contributed by atoms with Gasteiger partial charge in [0.1, 0.15) is 24.7 Å². The van der Waals surface area contributed by atoms with Crippen LogP contribution in [0.2, 0.25) is 0 Å². The van der Waals surface area contributed by atoms with Crippen molar-refractivity contribution in [3.63, 3.8) is 0 Å². The van der Waals surface area contributed by atoms with E-state index in [-0.39, 0.29) is 25.2 Å². The zero-order chi connectivity index (χ0) is 26.9. The number of aliphatic hydroxyl groups excluding tert-OH is 3. The van der Waals surface area contributed by atoms with Gasteiger partial charge >= 0.3 is 0 Å². The molecule has 2 aromatic carbocycles. The molecule has 38 heavy (non-hydrogen) atoms. The molecule has 0 aromatic heterocycles. The van der Waals surface area contributed by atoms with Crippen molar-refractivity contribution in [1.82, 2.24) is 0 Å². The smallest absolute Gasteiger partial charge is 0.122 e. The zero-order valence-corrected chi connectivity index (χ0v) is 22.4. The molecule has 8 nitrogen and oxygen atoms in total. The number of aliphatic hydroxyl groups is 3. The van der Waals surface area contributed by atoms with Crippen molar-refractivity contribution >= 4 is 0 Å². The Morgan fingerprint density at radius 3 is 1.79 bits per heavy atom. The predicted octanol–water partition coefficient (Wildman–Crippen LogP) is 3.26. The summed E-state index contributed by atoms with van der Waals surface area (Å²) in [5.74, 6) is 1.62. The molecule has 0 heterocycles. The average molecular weight is 533 g/mol. The van der Waals surface area contributed by atoms with Crippen LogP contribution < -0.4 is 9.47 Å². The van der Waals surface area contributed by atoms with Gasteiger partial charge in [-0.1, -0.05) is 43.5 Å². The minimum absolute atomic E-state index is 0.00360. The van der Waals surface area contributed by atoms with Crippen molar-refractivity contribution in [3.05, 3.63) is 59.2 Å². The molecular formula is C30H44O8. The summed E-state index contributed by atoms with van der Waals surface area (Å²) in [6.07, 6.45) is 6.44. The van der Waals surface area contributed by atoms with Gasteiger partial charge in [-0.3, -0.25) is 0 Å². The molecule has 8 heteroatoms. The number of hydrogen-bond acceptors (Lipinski definition) is 8. The van der Waals surface area contributed by atoms with Crippen LogP contribution in [0.25, 0.3) is 0 Å². The summed E-state index contributed by atoms with van der Waals surface area (Å²) in [7, 11) is 0. The second kappa shape index (κ2) is 17.4. The highest BCUT2D eigenvalue weighted by molar-refractivity contribution is 5.47. The molecule has 1 saturated carbocycles. The second-order valence-electron chi connectivity index (χ2n) is 9.44. The summed E-state index contributed by atoms with van der Waals surface area (Å²) in [5, 5.41) is 26.8. The van der Waals surface area contributed by atoms with Crippen molar-refractivity contribution in [3.8, 4) is 11.5 Å². The Hall–Kier alpha value is -2.20. The standard InChI is InChI=1S/C30H44O8/c31-13-17-34-16-10-25-24-27(6-9-29(25)38-23-21-36-19-15-33)30(11-2-1-3-12-30)26-4-7-28(8-5-26)37-22-20-35-18-14-32/h4-9,24,31-33H,1-3,10-23H2. The molecule has 3 rings (SSSR count). The topological polar surface area (TPSA) is 107 Å². The van der Waals surface area contributed by atoms with Crippen LogP contribution in [-0.4, -0.2) is 88.0 Å². The third-order valence-corrected chi connectivity index (χ3v) is 6.93. The van der Waals surface area contributed by atoms with Crippen molar-refractivity contribution in [2.45, 2.75) is 43.9 Å². The lowest BCUT2D eigenvalue weighted by Crippen LogP contribution is -2.30. The molecule has 0 atom stereocenters. The summed E-state index contributed by atoms with van der Waals surface area (Å²) >= 11 is 0. The molecule has 1 aliphatic carbocycles.